The van der Waals surface area contributed by atoms with E-state index in [2.05, 4.69) is 0 Å². The van der Waals surface area contributed by atoms with Crippen molar-refractivity contribution in [2.24, 2.45) is 11.7 Å². The smallest absolute Gasteiger partial charge is 0.228 e. The number of rotatable bonds is 4. The summed E-state index contributed by atoms with van der Waals surface area (Å²) in [6.07, 6.45) is 1.06. The van der Waals surface area contributed by atoms with E-state index in [1.165, 1.54) is 0 Å². The summed E-state index contributed by atoms with van der Waals surface area (Å²) in [6, 6.07) is 5.37. The first-order chi connectivity index (χ1) is 11.5. The van der Waals surface area contributed by atoms with Crippen LogP contribution in [0.25, 0.3) is 0 Å². The van der Waals surface area contributed by atoms with Gasteiger partial charge < -0.3 is 25.0 Å². The van der Waals surface area contributed by atoms with Crippen LogP contribution in [0.5, 0.6) is 11.5 Å². The van der Waals surface area contributed by atoms with E-state index < -0.39 is 0 Å². The molecule has 2 saturated heterocycles. The molecule has 0 aliphatic carbocycles. The number of amides is 2. The quantitative estimate of drug-likeness (QED) is 0.873. The fourth-order valence-corrected chi connectivity index (χ4v) is 3.36. The molecule has 2 N–H and O–H groups in total. The Morgan fingerprint density at radius 3 is 2.58 bits per heavy atom. The molecule has 2 aliphatic rings. The molecule has 7 heteroatoms. The zero-order chi connectivity index (χ0) is 17.3. The highest BCUT2D eigenvalue weighted by Crippen LogP contribution is 2.34. The maximum atomic E-state index is 12.6. The van der Waals surface area contributed by atoms with Crippen LogP contribution in [0.15, 0.2) is 18.2 Å². The van der Waals surface area contributed by atoms with Crippen LogP contribution in [-0.4, -0.2) is 56.6 Å². The van der Waals surface area contributed by atoms with Gasteiger partial charge >= 0.3 is 0 Å². The monoisotopic (exact) mass is 333 g/mol. The number of nitrogens with zero attached hydrogens (tertiary/aromatic N) is 2. The molecular formula is C17H23N3O4. The summed E-state index contributed by atoms with van der Waals surface area (Å²) in [7, 11) is 3.12. The fourth-order valence-electron chi connectivity index (χ4n) is 3.36. The lowest BCUT2D eigenvalue weighted by Gasteiger charge is -2.21. The Kier molecular flexibility index (Phi) is 4.62. The largest absolute Gasteiger partial charge is 0.493 e. The van der Waals surface area contributed by atoms with Crippen molar-refractivity contribution in [3.05, 3.63) is 18.2 Å². The molecule has 1 aromatic rings. The van der Waals surface area contributed by atoms with Gasteiger partial charge in [-0.3, -0.25) is 9.59 Å². The lowest BCUT2D eigenvalue weighted by Crippen LogP contribution is -2.37. The molecule has 2 amide bonds. The molecule has 2 aliphatic heterocycles. The summed E-state index contributed by atoms with van der Waals surface area (Å²) in [6.45, 7) is 1.65. The molecule has 0 unspecified atom stereocenters. The molecule has 2 atom stereocenters. The van der Waals surface area contributed by atoms with Gasteiger partial charge in [0.05, 0.1) is 20.1 Å². The van der Waals surface area contributed by atoms with Crippen LogP contribution in [0.3, 0.4) is 0 Å². The molecule has 0 spiro atoms. The van der Waals surface area contributed by atoms with Gasteiger partial charge in [0.1, 0.15) is 0 Å². The minimum absolute atomic E-state index is 0.0271. The van der Waals surface area contributed by atoms with Crippen molar-refractivity contribution in [3.8, 4) is 11.5 Å². The van der Waals surface area contributed by atoms with Crippen LogP contribution in [0, 0.1) is 5.92 Å². The van der Waals surface area contributed by atoms with Gasteiger partial charge in [-0.1, -0.05) is 0 Å². The Hall–Kier alpha value is -2.28. The average molecular weight is 333 g/mol. The third-order valence-electron chi connectivity index (χ3n) is 4.69. The van der Waals surface area contributed by atoms with Gasteiger partial charge in [-0.25, -0.2) is 0 Å². The van der Waals surface area contributed by atoms with Crippen LogP contribution in [0.2, 0.25) is 0 Å². The minimum atomic E-state index is -0.309. The van der Waals surface area contributed by atoms with Gasteiger partial charge in [0, 0.05) is 43.9 Å². The second-order valence-corrected chi connectivity index (χ2v) is 6.28. The van der Waals surface area contributed by atoms with Crippen molar-refractivity contribution in [2.45, 2.75) is 18.9 Å². The van der Waals surface area contributed by atoms with E-state index in [1.54, 1.807) is 42.2 Å². The molecular weight excluding hydrogens is 310 g/mol. The van der Waals surface area contributed by atoms with Crippen molar-refractivity contribution in [2.75, 3.05) is 38.8 Å². The van der Waals surface area contributed by atoms with Crippen molar-refractivity contribution in [1.82, 2.24) is 4.90 Å². The second kappa shape index (κ2) is 6.68. The first kappa shape index (κ1) is 16.6. The molecule has 7 nitrogen and oxygen atoms in total. The number of ether oxygens (including phenoxy) is 2. The van der Waals surface area contributed by atoms with Gasteiger partial charge in [-0.05, 0) is 18.6 Å². The SMILES string of the molecule is COc1ccc(N2C[C@@H](C(=O)N3CC[C@H](N)C3)CC2=O)cc1OC. The molecule has 0 radical (unpaired) electrons. The molecule has 0 bridgehead atoms. The number of likely N-dealkylation sites (tertiary alicyclic amines) is 1. The molecule has 0 aromatic heterocycles. The number of carbonyl (C=O) groups is 2. The van der Waals surface area contributed by atoms with Gasteiger partial charge in [0.2, 0.25) is 11.8 Å². The molecule has 24 heavy (non-hydrogen) atoms. The van der Waals surface area contributed by atoms with Crippen molar-refractivity contribution < 1.29 is 19.1 Å². The summed E-state index contributed by atoms with van der Waals surface area (Å²) in [5.74, 6) is 0.828. The highest BCUT2D eigenvalue weighted by molar-refractivity contribution is 6.00. The van der Waals surface area contributed by atoms with Gasteiger partial charge in [-0.15, -0.1) is 0 Å². The summed E-state index contributed by atoms with van der Waals surface area (Å²) in [5, 5.41) is 0. The Balaban J connectivity index is 1.74. The number of hydrogen-bond donors (Lipinski definition) is 1. The topological polar surface area (TPSA) is 85.1 Å². The maximum absolute atomic E-state index is 12.6. The summed E-state index contributed by atoms with van der Waals surface area (Å²) < 4.78 is 10.5. The zero-order valence-corrected chi connectivity index (χ0v) is 14.0. The Morgan fingerprint density at radius 1 is 1.21 bits per heavy atom. The lowest BCUT2D eigenvalue weighted by atomic mass is 10.1. The number of benzene rings is 1. The van der Waals surface area contributed by atoms with E-state index in [1.807, 2.05) is 0 Å². The van der Waals surface area contributed by atoms with Crippen LogP contribution >= 0.6 is 0 Å². The number of nitrogens with two attached hydrogens (primary N) is 1. The molecule has 3 rings (SSSR count). The maximum Gasteiger partial charge on any atom is 0.228 e. The minimum Gasteiger partial charge on any atom is -0.493 e. The highest BCUT2D eigenvalue weighted by Gasteiger charge is 2.38. The molecule has 2 fully saturated rings. The summed E-state index contributed by atoms with van der Waals surface area (Å²) >= 11 is 0. The van der Waals surface area contributed by atoms with E-state index in [4.69, 9.17) is 15.2 Å². The van der Waals surface area contributed by atoms with Crippen molar-refractivity contribution in [3.63, 3.8) is 0 Å². The van der Waals surface area contributed by atoms with E-state index in [0.29, 0.717) is 36.8 Å². The second-order valence-electron chi connectivity index (χ2n) is 6.28. The number of carbonyl (C=O) groups excluding carboxylic acids is 2. The molecule has 2 heterocycles. The van der Waals surface area contributed by atoms with Crippen LogP contribution in [0.4, 0.5) is 5.69 Å². The highest BCUT2D eigenvalue weighted by atomic mass is 16.5. The Labute approximate surface area is 141 Å². The van der Waals surface area contributed by atoms with E-state index in [9.17, 15) is 9.59 Å². The first-order valence-corrected chi connectivity index (χ1v) is 8.10. The predicted molar refractivity (Wildman–Crippen MR) is 89.2 cm³/mol. The summed E-state index contributed by atoms with van der Waals surface area (Å²) in [5.41, 5.74) is 6.58. The molecule has 130 valence electrons. The first-order valence-electron chi connectivity index (χ1n) is 8.10. The normalized spacial score (nSPS) is 23.7. The zero-order valence-electron chi connectivity index (χ0n) is 14.0. The summed E-state index contributed by atoms with van der Waals surface area (Å²) in [4.78, 5) is 28.4. The number of anilines is 1. The van der Waals surface area contributed by atoms with Crippen LogP contribution < -0.4 is 20.1 Å². The van der Waals surface area contributed by atoms with Gasteiger partial charge in [0.15, 0.2) is 11.5 Å². The molecule has 0 saturated carbocycles. The van der Waals surface area contributed by atoms with E-state index >= 15 is 0 Å². The van der Waals surface area contributed by atoms with Gasteiger partial charge in [0.25, 0.3) is 0 Å². The third kappa shape index (κ3) is 3.03. The van der Waals surface area contributed by atoms with E-state index in [0.717, 1.165) is 6.42 Å². The number of hydrogen-bond acceptors (Lipinski definition) is 5. The average Bonchev–Trinajstić information content (AvgIpc) is 3.19. The fraction of sp³-hybridized carbons (Fsp3) is 0.529. The number of methoxy groups -OCH3 is 2. The Bertz CT molecular complexity index is 649. The standard InChI is InChI=1S/C17H23N3O4/c1-23-14-4-3-13(8-15(14)24-2)20-9-11(7-16(20)21)17(22)19-6-5-12(18)10-19/h3-4,8,11-12H,5-7,9-10,18H2,1-2H3/t11-,12-/m0/s1. The Morgan fingerprint density at radius 2 is 1.96 bits per heavy atom. The van der Waals surface area contributed by atoms with Crippen LogP contribution in [0.1, 0.15) is 12.8 Å². The van der Waals surface area contributed by atoms with E-state index in [-0.39, 0.29) is 30.2 Å². The molecule has 1 aromatic carbocycles. The van der Waals surface area contributed by atoms with Crippen molar-refractivity contribution >= 4 is 17.5 Å². The third-order valence-corrected chi connectivity index (χ3v) is 4.69. The van der Waals surface area contributed by atoms with Crippen molar-refractivity contribution in [1.29, 1.82) is 0 Å². The van der Waals surface area contributed by atoms with Crippen LogP contribution in [-0.2, 0) is 9.59 Å². The lowest BCUT2D eigenvalue weighted by molar-refractivity contribution is -0.134. The van der Waals surface area contributed by atoms with Gasteiger partial charge in [-0.2, -0.15) is 0 Å². The predicted octanol–water partition coefficient (Wildman–Crippen LogP) is 0.616.